The number of nitrogens with zero attached hydrogens (tertiary/aromatic N) is 4. The molecule has 0 aliphatic carbocycles. The lowest BCUT2D eigenvalue weighted by molar-refractivity contribution is 1.18. The lowest BCUT2D eigenvalue weighted by atomic mass is 10.0. The molecule has 41 heavy (non-hydrogen) atoms. The molecule has 5 heteroatoms. The molecule has 0 saturated carbocycles. The Bertz CT molecular complexity index is 1990. The molecule has 7 rings (SSSR count). The van der Waals surface area contributed by atoms with Crippen molar-refractivity contribution >= 4 is 26.7 Å². The number of hydrogen-bond donors (Lipinski definition) is 0. The smallest absolute Gasteiger partial charge is 0.160 e. The molecule has 0 fully saturated rings. The molecule has 194 valence electrons. The molecule has 4 nitrogen and oxygen atoms in total. The third-order valence-corrected chi connectivity index (χ3v) is 7.56. The number of benzene rings is 4. The molecule has 0 amide bonds. The minimum absolute atomic E-state index is 0.683. The van der Waals surface area contributed by atoms with Crippen LogP contribution >= 0.6 is 15.9 Å². The van der Waals surface area contributed by atoms with E-state index in [1.54, 1.807) is 12.4 Å². The van der Waals surface area contributed by atoms with Gasteiger partial charge >= 0.3 is 0 Å². The largest absolute Gasteiger partial charge is 0.264 e. The van der Waals surface area contributed by atoms with Gasteiger partial charge in [-0.2, -0.15) is 0 Å². The number of rotatable bonds is 5. The molecule has 0 N–H and O–H groups in total. The standard InChI is InChI=1S/C36H23BrN4/c37-33-19-31(30-8-4-16-39-23-30)18-32(20-33)35-21-34(26-12-9-25(10-13-26)29-7-3-15-38-22-29)40-36(41-35)28-14-11-24-5-1-2-6-27(24)17-28/h1-23H. The molecule has 3 aromatic heterocycles. The summed E-state index contributed by atoms with van der Waals surface area (Å²) in [5, 5.41) is 2.34. The Morgan fingerprint density at radius 2 is 1.02 bits per heavy atom. The summed E-state index contributed by atoms with van der Waals surface area (Å²) in [5.41, 5.74) is 9.00. The maximum Gasteiger partial charge on any atom is 0.160 e. The van der Waals surface area contributed by atoms with Gasteiger partial charge in [-0.25, -0.2) is 9.97 Å². The van der Waals surface area contributed by atoms with Crippen molar-refractivity contribution in [3.63, 3.8) is 0 Å². The molecule has 0 spiro atoms. The maximum absolute atomic E-state index is 5.09. The Hall–Kier alpha value is -5.00. The van der Waals surface area contributed by atoms with Crippen molar-refractivity contribution < 1.29 is 0 Å². The van der Waals surface area contributed by atoms with Crippen molar-refractivity contribution in [3.05, 3.63) is 145 Å². The van der Waals surface area contributed by atoms with Crippen LogP contribution in [-0.4, -0.2) is 19.9 Å². The highest BCUT2D eigenvalue weighted by Crippen LogP contribution is 2.33. The van der Waals surface area contributed by atoms with E-state index in [-0.39, 0.29) is 0 Å². The first-order chi connectivity index (χ1) is 20.2. The van der Waals surface area contributed by atoms with Crippen LogP contribution in [0.1, 0.15) is 0 Å². The van der Waals surface area contributed by atoms with Crippen molar-refractivity contribution in [2.24, 2.45) is 0 Å². The van der Waals surface area contributed by atoms with Gasteiger partial charge in [-0.15, -0.1) is 0 Å². The van der Waals surface area contributed by atoms with Crippen molar-refractivity contribution in [2.75, 3.05) is 0 Å². The van der Waals surface area contributed by atoms with Gasteiger partial charge in [0.25, 0.3) is 0 Å². The van der Waals surface area contributed by atoms with Gasteiger partial charge in [-0.3, -0.25) is 9.97 Å². The summed E-state index contributed by atoms with van der Waals surface area (Å²) in [7, 11) is 0. The van der Waals surface area contributed by atoms with Crippen LogP contribution in [0.2, 0.25) is 0 Å². The molecular formula is C36H23BrN4. The van der Waals surface area contributed by atoms with Gasteiger partial charge in [0.05, 0.1) is 11.4 Å². The zero-order valence-electron chi connectivity index (χ0n) is 21.9. The quantitative estimate of drug-likeness (QED) is 0.200. The maximum atomic E-state index is 5.09. The second-order valence-corrected chi connectivity index (χ2v) is 10.7. The average Bonchev–Trinajstić information content (AvgIpc) is 3.05. The summed E-state index contributed by atoms with van der Waals surface area (Å²) < 4.78 is 0.974. The molecule has 0 unspecified atom stereocenters. The van der Waals surface area contributed by atoms with Crippen LogP contribution in [0.25, 0.3) is 66.9 Å². The van der Waals surface area contributed by atoms with E-state index in [1.165, 1.54) is 5.39 Å². The number of pyridine rings is 2. The van der Waals surface area contributed by atoms with Gasteiger partial charge in [-0.05, 0) is 69.9 Å². The van der Waals surface area contributed by atoms with E-state index in [4.69, 9.17) is 9.97 Å². The predicted molar refractivity (Wildman–Crippen MR) is 170 cm³/mol. The predicted octanol–water partition coefficient (Wildman–Crippen LogP) is 9.52. The van der Waals surface area contributed by atoms with Crippen molar-refractivity contribution in [1.82, 2.24) is 19.9 Å². The van der Waals surface area contributed by atoms with Crippen molar-refractivity contribution in [3.8, 4) is 56.2 Å². The topological polar surface area (TPSA) is 51.6 Å². The highest BCUT2D eigenvalue weighted by Gasteiger charge is 2.13. The van der Waals surface area contributed by atoms with E-state index >= 15 is 0 Å². The van der Waals surface area contributed by atoms with Gasteiger partial charge in [0.15, 0.2) is 5.82 Å². The zero-order valence-corrected chi connectivity index (χ0v) is 23.5. The Labute approximate surface area is 246 Å². The second-order valence-electron chi connectivity index (χ2n) is 9.81. The average molecular weight is 592 g/mol. The molecule has 0 aliphatic rings. The highest BCUT2D eigenvalue weighted by atomic mass is 79.9. The van der Waals surface area contributed by atoms with Gasteiger partial charge < -0.3 is 0 Å². The number of halogens is 1. The summed E-state index contributed by atoms with van der Waals surface area (Å²) in [6.45, 7) is 0. The van der Waals surface area contributed by atoms with E-state index in [0.29, 0.717) is 5.82 Å². The van der Waals surface area contributed by atoms with Crippen LogP contribution < -0.4 is 0 Å². The van der Waals surface area contributed by atoms with Crippen LogP contribution in [0.3, 0.4) is 0 Å². The highest BCUT2D eigenvalue weighted by molar-refractivity contribution is 9.10. The summed E-state index contributed by atoms with van der Waals surface area (Å²) in [4.78, 5) is 18.7. The van der Waals surface area contributed by atoms with Crippen LogP contribution in [0.4, 0.5) is 0 Å². The molecule has 0 bridgehead atoms. The van der Waals surface area contributed by atoms with E-state index in [9.17, 15) is 0 Å². The molecule has 3 heterocycles. The lowest BCUT2D eigenvalue weighted by Crippen LogP contribution is -1.96. The van der Waals surface area contributed by atoms with E-state index < -0.39 is 0 Å². The normalized spacial score (nSPS) is 11.0. The molecular weight excluding hydrogens is 568 g/mol. The Morgan fingerprint density at radius 1 is 0.415 bits per heavy atom. The molecule has 0 radical (unpaired) electrons. The SMILES string of the molecule is Brc1cc(-c2cccnc2)cc(-c2cc(-c3ccc(-c4cccnc4)cc3)nc(-c3ccc4ccccc4c3)n2)c1. The van der Waals surface area contributed by atoms with Gasteiger partial charge in [0.2, 0.25) is 0 Å². The Kier molecular flexibility index (Phi) is 6.63. The van der Waals surface area contributed by atoms with Crippen molar-refractivity contribution in [1.29, 1.82) is 0 Å². The molecule has 7 aromatic rings. The number of aromatic nitrogens is 4. The minimum atomic E-state index is 0.683. The van der Waals surface area contributed by atoms with Gasteiger partial charge in [-0.1, -0.05) is 88.7 Å². The zero-order chi connectivity index (χ0) is 27.6. The third kappa shape index (κ3) is 5.28. The van der Waals surface area contributed by atoms with E-state index in [2.05, 4.69) is 129 Å². The summed E-state index contributed by atoms with van der Waals surface area (Å²) in [6.07, 6.45) is 7.33. The summed E-state index contributed by atoms with van der Waals surface area (Å²) in [5.74, 6) is 0.683. The summed E-state index contributed by atoms with van der Waals surface area (Å²) in [6, 6.07) is 39.6. The first-order valence-electron chi connectivity index (χ1n) is 13.3. The van der Waals surface area contributed by atoms with Gasteiger partial charge in [0, 0.05) is 51.5 Å². The molecule has 0 aliphatic heterocycles. The van der Waals surface area contributed by atoms with Crippen molar-refractivity contribution in [2.45, 2.75) is 0 Å². The van der Waals surface area contributed by atoms with Crippen LogP contribution in [-0.2, 0) is 0 Å². The van der Waals surface area contributed by atoms with Crippen LogP contribution in [0.5, 0.6) is 0 Å². The lowest BCUT2D eigenvalue weighted by Gasteiger charge is -2.12. The molecule has 4 aromatic carbocycles. The third-order valence-electron chi connectivity index (χ3n) is 7.10. The van der Waals surface area contributed by atoms with Crippen LogP contribution in [0, 0.1) is 0 Å². The van der Waals surface area contributed by atoms with E-state index in [1.807, 2.05) is 24.5 Å². The van der Waals surface area contributed by atoms with Gasteiger partial charge in [0.1, 0.15) is 0 Å². The Morgan fingerprint density at radius 3 is 1.73 bits per heavy atom. The first kappa shape index (κ1) is 25.0. The fraction of sp³-hybridized carbons (Fsp3) is 0. The first-order valence-corrected chi connectivity index (χ1v) is 14.1. The fourth-order valence-electron chi connectivity index (χ4n) is 5.01. The number of fused-ring (bicyclic) bond motifs is 1. The van der Waals surface area contributed by atoms with E-state index in [0.717, 1.165) is 60.2 Å². The number of hydrogen-bond acceptors (Lipinski definition) is 4. The Balaban J connectivity index is 1.38. The molecule has 0 atom stereocenters. The minimum Gasteiger partial charge on any atom is -0.264 e. The molecule has 0 saturated heterocycles. The van der Waals surface area contributed by atoms with Crippen LogP contribution in [0.15, 0.2) is 145 Å². The monoisotopic (exact) mass is 590 g/mol. The fourth-order valence-corrected chi connectivity index (χ4v) is 5.50. The second kappa shape index (κ2) is 10.9. The summed E-state index contributed by atoms with van der Waals surface area (Å²) >= 11 is 3.72.